The Balaban J connectivity index is 2.63. The van der Waals surface area contributed by atoms with Crippen LogP contribution in [0.2, 0.25) is 0 Å². The van der Waals surface area contributed by atoms with Gasteiger partial charge in [0.05, 0.1) is 5.92 Å². The molecule has 0 radical (unpaired) electrons. The molecule has 1 atom stereocenters. The van der Waals surface area contributed by atoms with Gasteiger partial charge in [-0.1, -0.05) is 19.4 Å². The standard InChI is InChI=1S/C14H20N2O3/c1-3-4-11(14(18)19)8-16-13(17)10-6-5-9(2)12(15)7-10/h5-7,11H,3-4,8,15H2,1-2H3,(H,16,17)(H,18,19). The summed E-state index contributed by atoms with van der Waals surface area (Å²) in [5.41, 5.74) is 7.64. The summed E-state index contributed by atoms with van der Waals surface area (Å²) in [6, 6.07) is 5.04. The van der Waals surface area contributed by atoms with Gasteiger partial charge in [-0.15, -0.1) is 0 Å². The van der Waals surface area contributed by atoms with Crippen molar-refractivity contribution < 1.29 is 14.7 Å². The average molecular weight is 264 g/mol. The summed E-state index contributed by atoms with van der Waals surface area (Å²) in [4.78, 5) is 22.8. The second-order valence-corrected chi connectivity index (χ2v) is 4.61. The van der Waals surface area contributed by atoms with E-state index in [4.69, 9.17) is 10.8 Å². The van der Waals surface area contributed by atoms with E-state index in [9.17, 15) is 9.59 Å². The molecule has 1 rings (SSSR count). The number of hydrogen-bond donors (Lipinski definition) is 3. The maximum Gasteiger partial charge on any atom is 0.308 e. The van der Waals surface area contributed by atoms with E-state index in [0.717, 1.165) is 12.0 Å². The van der Waals surface area contributed by atoms with Gasteiger partial charge in [0.25, 0.3) is 5.91 Å². The highest BCUT2D eigenvalue weighted by Gasteiger charge is 2.17. The number of carbonyl (C=O) groups is 2. The summed E-state index contributed by atoms with van der Waals surface area (Å²) in [5.74, 6) is -1.73. The second-order valence-electron chi connectivity index (χ2n) is 4.61. The number of aliphatic carboxylic acids is 1. The molecule has 0 heterocycles. The van der Waals surface area contributed by atoms with Crippen molar-refractivity contribution >= 4 is 17.6 Å². The summed E-state index contributed by atoms with van der Waals surface area (Å²) in [6.45, 7) is 3.91. The molecule has 5 nitrogen and oxygen atoms in total. The van der Waals surface area contributed by atoms with Gasteiger partial charge >= 0.3 is 5.97 Å². The number of carboxylic acids is 1. The zero-order chi connectivity index (χ0) is 14.4. The number of aryl methyl sites for hydroxylation is 1. The van der Waals surface area contributed by atoms with E-state index >= 15 is 0 Å². The highest BCUT2D eigenvalue weighted by Crippen LogP contribution is 2.13. The molecular weight excluding hydrogens is 244 g/mol. The van der Waals surface area contributed by atoms with E-state index in [2.05, 4.69) is 5.32 Å². The maximum absolute atomic E-state index is 11.9. The summed E-state index contributed by atoms with van der Waals surface area (Å²) >= 11 is 0. The van der Waals surface area contributed by atoms with Gasteiger partial charge in [0, 0.05) is 17.8 Å². The van der Waals surface area contributed by atoms with Crippen LogP contribution in [-0.2, 0) is 4.79 Å². The Bertz CT molecular complexity index is 472. The van der Waals surface area contributed by atoms with Gasteiger partial charge in [-0.3, -0.25) is 9.59 Å². The van der Waals surface area contributed by atoms with Gasteiger partial charge in [-0.05, 0) is 31.0 Å². The molecule has 0 aliphatic heterocycles. The third-order valence-electron chi connectivity index (χ3n) is 3.04. The van der Waals surface area contributed by atoms with Crippen molar-refractivity contribution in [2.75, 3.05) is 12.3 Å². The number of amides is 1. The largest absolute Gasteiger partial charge is 0.481 e. The van der Waals surface area contributed by atoms with E-state index in [1.165, 1.54) is 0 Å². The Morgan fingerprint density at radius 1 is 1.42 bits per heavy atom. The molecule has 1 aromatic carbocycles. The molecule has 104 valence electrons. The van der Waals surface area contributed by atoms with Gasteiger partial charge < -0.3 is 16.2 Å². The molecular formula is C14H20N2O3. The van der Waals surface area contributed by atoms with Crippen LogP contribution in [0.3, 0.4) is 0 Å². The van der Waals surface area contributed by atoms with E-state index in [0.29, 0.717) is 17.7 Å². The van der Waals surface area contributed by atoms with Crippen LogP contribution in [0.5, 0.6) is 0 Å². The van der Waals surface area contributed by atoms with Gasteiger partial charge in [0.15, 0.2) is 0 Å². The lowest BCUT2D eigenvalue weighted by Crippen LogP contribution is -2.32. The molecule has 4 N–H and O–H groups in total. The van der Waals surface area contributed by atoms with Crippen molar-refractivity contribution in [3.05, 3.63) is 29.3 Å². The third-order valence-corrected chi connectivity index (χ3v) is 3.04. The number of anilines is 1. The lowest BCUT2D eigenvalue weighted by molar-refractivity contribution is -0.141. The van der Waals surface area contributed by atoms with Crippen molar-refractivity contribution in [1.29, 1.82) is 0 Å². The lowest BCUT2D eigenvalue weighted by atomic mass is 10.0. The molecule has 0 saturated heterocycles. The van der Waals surface area contributed by atoms with Crippen molar-refractivity contribution in [3.63, 3.8) is 0 Å². The second kappa shape index (κ2) is 6.78. The monoisotopic (exact) mass is 264 g/mol. The Morgan fingerprint density at radius 3 is 2.63 bits per heavy atom. The smallest absolute Gasteiger partial charge is 0.308 e. The molecule has 0 fully saturated rings. The molecule has 5 heteroatoms. The molecule has 0 aromatic heterocycles. The van der Waals surface area contributed by atoms with Gasteiger partial charge in [-0.2, -0.15) is 0 Å². The fraction of sp³-hybridized carbons (Fsp3) is 0.429. The zero-order valence-corrected chi connectivity index (χ0v) is 11.3. The first-order valence-electron chi connectivity index (χ1n) is 6.32. The van der Waals surface area contributed by atoms with Gasteiger partial charge in [0.1, 0.15) is 0 Å². The van der Waals surface area contributed by atoms with Crippen LogP contribution in [-0.4, -0.2) is 23.5 Å². The minimum atomic E-state index is -0.884. The first-order chi connectivity index (χ1) is 8.95. The normalized spacial score (nSPS) is 11.9. The quantitative estimate of drug-likeness (QED) is 0.683. The number of nitrogens with two attached hydrogens (primary N) is 1. The van der Waals surface area contributed by atoms with Crippen LogP contribution < -0.4 is 11.1 Å². The number of nitrogen functional groups attached to an aromatic ring is 1. The van der Waals surface area contributed by atoms with Crippen LogP contribution in [0, 0.1) is 12.8 Å². The molecule has 1 aromatic rings. The summed E-state index contributed by atoms with van der Waals surface area (Å²) in [5, 5.41) is 11.6. The van der Waals surface area contributed by atoms with Crippen LogP contribution in [0.1, 0.15) is 35.7 Å². The maximum atomic E-state index is 11.9. The van der Waals surface area contributed by atoms with Crippen LogP contribution in [0.15, 0.2) is 18.2 Å². The van der Waals surface area contributed by atoms with Crippen molar-refractivity contribution in [3.8, 4) is 0 Å². The number of carboxylic acid groups (broad SMARTS) is 1. The minimum Gasteiger partial charge on any atom is -0.481 e. The van der Waals surface area contributed by atoms with Gasteiger partial charge in [0.2, 0.25) is 0 Å². The number of benzene rings is 1. The number of nitrogens with one attached hydrogen (secondary N) is 1. The van der Waals surface area contributed by atoms with Crippen LogP contribution >= 0.6 is 0 Å². The summed E-state index contributed by atoms with van der Waals surface area (Å²) in [7, 11) is 0. The lowest BCUT2D eigenvalue weighted by Gasteiger charge is -2.12. The third kappa shape index (κ3) is 4.28. The van der Waals surface area contributed by atoms with Crippen LogP contribution in [0.25, 0.3) is 0 Å². The molecule has 1 amide bonds. The average Bonchev–Trinajstić information content (AvgIpc) is 2.37. The van der Waals surface area contributed by atoms with Crippen molar-refractivity contribution in [2.45, 2.75) is 26.7 Å². The predicted octanol–water partition coefficient (Wildman–Crippen LogP) is 1.81. The molecule has 0 bridgehead atoms. The van der Waals surface area contributed by atoms with E-state index < -0.39 is 11.9 Å². The minimum absolute atomic E-state index is 0.135. The summed E-state index contributed by atoms with van der Waals surface area (Å²) < 4.78 is 0. The Morgan fingerprint density at radius 2 is 2.11 bits per heavy atom. The SMILES string of the molecule is CCCC(CNC(=O)c1ccc(C)c(N)c1)C(=O)O. The van der Waals surface area contributed by atoms with E-state index in [1.54, 1.807) is 18.2 Å². The zero-order valence-electron chi connectivity index (χ0n) is 11.3. The van der Waals surface area contributed by atoms with Gasteiger partial charge in [-0.25, -0.2) is 0 Å². The molecule has 19 heavy (non-hydrogen) atoms. The molecule has 0 spiro atoms. The Labute approximate surface area is 112 Å². The predicted molar refractivity (Wildman–Crippen MR) is 74.0 cm³/mol. The fourth-order valence-corrected chi connectivity index (χ4v) is 1.76. The highest BCUT2D eigenvalue weighted by atomic mass is 16.4. The Kier molecular flexibility index (Phi) is 5.36. The Hall–Kier alpha value is -2.04. The number of carbonyl (C=O) groups excluding carboxylic acids is 1. The molecule has 0 saturated carbocycles. The van der Waals surface area contributed by atoms with Crippen LogP contribution in [0.4, 0.5) is 5.69 Å². The van der Waals surface area contributed by atoms with Crippen molar-refractivity contribution in [2.24, 2.45) is 5.92 Å². The number of rotatable bonds is 6. The highest BCUT2D eigenvalue weighted by molar-refractivity contribution is 5.95. The molecule has 0 aliphatic rings. The first-order valence-corrected chi connectivity index (χ1v) is 6.32. The van der Waals surface area contributed by atoms with Crippen molar-refractivity contribution in [1.82, 2.24) is 5.32 Å². The molecule has 0 aliphatic carbocycles. The first kappa shape index (κ1) is 15.0. The molecule has 1 unspecified atom stereocenters. The fourth-order valence-electron chi connectivity index (χ4n) is 1.76. The topological polar surface area (TPSA) is 92.4 Å². The summed E-state index contributed by atoms with van der Waals surface area (Å²) in [6.07, 6.45) is 1.32. The van der Waals surface area contributed by atoms with E-state index in [-0.39, 0.29) is 12.5 Å². The van der Waals surface area contributed by atoms with E-state index in [1.807, 2.05) is 13.8 Å². The number of hydrogen-bond acceptors (Lipinski definition) is 3.